The van der Waals surface area contributed by atoms with Gasteiger partial charge >= 0.3 is 6.09 Å². The summed E-state index contributed by atoms with van der Waals surface area (Å²) in [5.74, 6) is 8.09. The van der Waals surface area contributed by atoms with Gasteiger partial charge in [0.2, 0.25) is 0 Å². The van der Waals surface area contributed by atoms with Crippen LogP contribution < -0.4 is 0 Å². The molecule has 0 bridgehead atoms. The van der Waals surface area contributed by atoms with Gasteiger partial charge in [-0.3, -0.25) is 9.59 Å². The van der Waals surface area contributed by atoms with Gasteiger partial charge in [0.25, 0.3) is 0 Å². The van der Waals surface area contributed by atoms with Crippen LogP contribution in [-0.2, 0) is 14.3 Å². The van der Waals surface area contributed by atoms with Crippen LogP contribution in [0.3, 0.4) is 0 Å². The average Bonchev–Trinajstić information content (AvgIpc) is 3.08. The second-order valence-electron chi connectivity index (χ2n) is 21.0. The van der Waals surface area contributed by atoms with E-state index in [1.165, 1.54) is 77.0 Å². The monoisotopic (exact) mass is 746 g/mol. The first-order valence-electron chi connectivity index (χ1n) is 22.6. The van der Waals surface area contributed by atoms with Gasteiger partial charge in [-0.15, -0.1) is 0 Å². The van der Waals surface area contributed by atoms with Crippen molar-refractivity contribution in [3.8, 4) is 0 Å². The molecule has 0 unspecified atom stereocenters. The minimum Gasteiger partial charge on any atom is -0.444 e. The van der Waals surface area contributed by atoms with Gasteiger partial charge in [0.05, 0.1) is 0 Å². The molecule has 5 heteroatoms. The molecular weight excluding hydrogens is 655 g/mol. The average molecular weight is 746 g/mol. The van der Waals surface area contributed by atoms with Crippen LogP contribution >= 0.6 is 0 Å². The predicted octanol–water partition coefficient (Wildman–Crippen LogP) is 14.1. The Kier molecular flexibility index (Phi) is 23.4. The van der Waals surface area contributed by atoms with Crippen molar-refractivity contribution in [2.45, 2.75) is 218 Å². The quantitative estimate of drug-likeness (QED) is 0.282. The number of ether oxygens (including phenoxy) is 1. The summed E-state index contributed by atoms with van der Waals surface area (Å²) in [4.78, 5) is 35.5. The van der Waals surface area contributed by atoms with E-state index in [0.717, 1.165) is 87.1 Å². The van der Waals surface area contributed by atoms with Crippen LogP contribution in [0.4, 0.5) is 4.79 Å². The molecule has 5 rings (SSSR count). The van der Waals surface area contributed by atoms with Crippen LogP contribution in [-0.4, -0.2) is 41.3 Å². The number of likely N-dealkylation sites (tertiary alicyclic amines) is 1. The van der Waals surface area contributed by atoms with Crippen molar-refractivity contribution in [3.05, 3.63) is 0 Å². The number of Topliss-reactive ketones (excluding diaryl/α,β-unsaturated/α-hetero) is 2. The van der Waals surface area contributed by atoms with Gasteiger partial charge in [-0.05, 0) is 120 Å². The van der Waals surface area contributed by atoms with Gasteiger partial charge in [0.1, 0.15) is 17.2 Å². The second-order valence-corrected chi connectivity index (χ2v) is 21.0. The van der Waals surface area contributed by atoms with E-state index in [4.69, 9.17) is 4.74 Å². The summed E-state index contributed by atoms with van der Waals surface area (Å²) in [5.41, 5.74) is -0.0437. The van der Waals surface area contributed by atoms with Crippen molar-refractivity contribution >= 4 is 17.7 Å². The Labute approximate surface area is 330 Å². The van der Waals surface area contributed by atoms with E-state index in [0.29, 0.717) is 34.7 Å². The summed E-state index contributed by atoms with van der Waals surface area (Å²) in [6.07, 6.45) is 23.4. The summed E-state index contributed by atoms with van der Waals surface area (Å²) in [7, 11) is 0. The van der Waals surface area contributed by atoms with Crippen molar-refractivity contribution in [2.24, 2.45) is 58.7 Å². The molecule has 1 saturated heterocycles. The Morgan fingerprint density at radius 2 is 0.679 bits per heavy atom. The molecular formula is C48H91NO4. The highest BCUT2D eigenvalue weighted by Gasteiger charge is 2.32. The molecule has 0 N–H and O–H groups in total. The van der Waals surface area contributed by atoms with Crippen molar-refractivity contribution in [2.75, 3.05) is 13.1 Å². The molecule has 5 nitrogen and oxygen atoms in total. The fraction of sp³-hybridized carbons (Fsp3) is 0.938. The lowest BCUT2D eigenvalue weighted by atomic mass is 9.75. The molecule has 0 aromatic rings. The Morgan fingerprint density at radius 3 is 0.887 bits per heavy atom. The highest BCUT2D eigenvalue weighted by atomic mass is 16.6. The molecule has 0 aromatic carbocycles. The maximum atomic E-state index is 11.9. The molecule has 0 atom stereocenters. The number of hydrogen-bond acceptors (Lipinski definition) is 4. The van der Waals surface area contributed by atoms with Gasteiger partial charge < -0.3 is 9.64 Å². The molecule has 4 aliphatic carbocycles. The summed E-state index contributed by atoms with van der Waals surface area (Å²) in [5, 5.41) is 0. The molecule has 1 heterocycles. The van der Waals surface area contributed by atoms with Crippen LogP contribution in [0.25, 0.3) is 0 Å². The number of hydrogen-bond donors (Lipinski definition) is 0. The Bertz CT molecular complexity index is 912. The van der Waals surface area contributed by atoms with E-state index in [-0.39, 0.29) is 6.09 Å². The van der Waals surface area contributed by atoms with Crippen LogP contribution in [0.2, 0.25) is 0 Å². The number of rotatable bonds is 2. The highest BCUT2D eigenvalue weighted by molar-refractivity contribution is 5.78. The first-order chi connectivity index (χ1) is 24.6. The number of carbonyl (C=O) groups is 3. The van der Waals surface area contributed by atoms with Crippen molar-refractivity contribution in [1.29, 1.82) is 0 Å². The SMILES string of the molecule is CC(=O)C1CCC(C)CC1.CC(=O)C1CCC(C)CC1.CC(C)(C)OC(=O)N1CCC(C(C)(C)C)CC1.CC1CCC(C)CC1.CC1CCC(C)CC1. The molecule has 53 heavy (non-hydrogen) atoms. The fourth-order valence-corrected chi connectivity index (χ4v) is 8.44. The Hall–Kier alpha value is -1.39. The highest BCUT2D eigenvalue weighted by Crippen LogP contribution is 2.35. The van der Waals surface area contributed by atoms with Gasteiger partial charge in [-0.1, -0.05) is 139 Å². The van der Waals surface area contributed by atoms with Gasteiger partial charge in [-0.25, -0.2) is 4.79 Å². The number of nitrogens with zero attached hydrogens (tertiary/aromatic N) is 1. The maximum absolute atomic E-state index is 11.9. The molecule has 0 aromatic heterocycles. The standard InChI is InChI=1S/C14H27NO2.2C9H16O.2C8H16/c1-13(2,3)11-7-9-15(10-8-11)12(16)17-14(4,5)6;2*1-7-3-5-9(6-4-7)8(2)10;2*1-7-3-5-8(2)6-4-7/h11H,7-10H2,1-6H3;2*7,9H,3-6H2,1-2H3;2*7-8H,3-6H2,1-2H3. The first kappa shape index (κ1) is 49.6. The van der Waals surface area contributed by atoms with Crippen LogP contribution in [0, 0.1) is 58.7 Å². The largest absolute Gasteiger partial charge is 0.444 e. The van der Waals surface area contributed by atoms with E-state index < -0.39 is 5.60 Å². The van der Waals surface area contributed by atoms with E-state index in [1.54, 1.807) is 13.8 Å². The normalized spacial score (nSPS) is 30.9. The molecule has 4 saturated carbocycles. The van der Waals surface area contributed by atoms with Crippen molar-refractivity contribution in [3.63, 3.8) is 0 Å². The summed E-state index contributed by atoms with van der Waals surface area (Å²) in [6.45, 7) is 31.7. The Balaban J connectivity index is 0.000000343. The third kappa shape index (κ3) is 23.3. The minimum atomic E-state index is -0.391. The van der Waals surface area contributed by atoms with Crippen LogP contribution in [0.5, 0.6) is 0 Å². The topological polar surface area (TPSA) is 63.7 Å². The molecule has 5 aliphatic rings. The number of ketones is 2. The summed E-state index contributed by atoms with van der Waals surface area (Å²) >= 11 is 0. The maximum Gasteiger partial charge on any atom is 0.410 e. The zero-order valence-electron chi connectivity index (χ0n) is 37.9. The molecule has 1 amide bonds. The summed E-state index contributed by atoms with van der Waals surface area (Å²) < 4.78 is 5.39. The van der Waals surface area contributed by atoms with E-state index >= 15 is 0 Å². The molecule has 312 valence electrons. The zero-order valence-corrected chi connectivity index (χ0v) is 37.9. The smallest absolute Gasteiger partial charge is 0.410 e. The van der Waals surface area contributed by atoms with Gasteiger partial charge in [-0.2, -0.15) is 0 Å². The minimum absolute atomic E-state index is 0.162. The van der Waals surface area contributed by atoms with E-state index in [9.17, 15) is 14.4 Å². The van der Waals surface area contributed by atoms with Gasteiger partial charge in [0, 0.05) is 24.9 Å². The number of carbonyl (C=O) groups excluding carboxylic acids is 3. The lowest BCUT2D eigenvalue weighted by Gasteiger charge is -2.39. The second kappa shape index (κ2) is 25.0. The van der Waals surface area contributed by atoms with Gasteiger partial charge in [0.15, 0.2) is 0 Å². The van der Waals surface area contributed by atoms with Crippen LogP contribution in [0.15, 0.2) is 0 Å². The number of piperidine rings is 1. The zero-order chi connectivity index (χ0) is 40.4. The molecule has 1 aliphatic heterocycles. The van der Waals surface area contributed by atoms with Crippen molar-refractivity contribution in [1.82, 2.24) is 4.90 Å². The predicted molar refractivity (Wildman–Crippen MR) is 227 cm³/mol. The summed E-state index contributed by atoms with van der Waals surface area (Å²) in [6, 6.07) is 0. The first-order valence-corrected chi connectivity index (χ1v) is 22.6. The lowest BCUT2D eigenvalue weighted by Crippen LogP contribution is -2.43. The number of amides is 1. The molecule has 0 spiro atoms. The van der Waals surface area contributed by atoms with E-state index in [1.807, 2.05) is 25.7 Å². The molecule has 5 fully saturated rings. The third-order valence-electron chi connectivity index (χ3n) is 13.2. The van der Waals surface area contributed by atoms with E-state index in [2.05, 4.69) is 62.3 Å². The fourth-order valence-electron chi connectivity index (χ4n) is 8.44. The third-order valence-corrected chi connectivity index (χ3v) is 13.2. The van der Waals surface area contributed by atoms with Crippen LogP contribution in [0.1, 0.15) is 213 Å². The Morgan fingerprint density at radius 1 is 0.434 bits per heavy atom. The lowest BCUT2D eigenvalue weighted by molar-refractivity contribution is -0.122. The van der Waals surface area contributed by atoms with Crippen molar-refractivity contribution < 1.29 is 19.1 Å². The molecule has 0 radical (unpaired) electrons.